The highest BCUT2D eigenvalue weighted by molar-refractivity contribution is 9.10. The molecule has 3 rings (SSSR count). The molecule has 0 heterocycles. The smallest absolute Gasteiger partial charge is 0.137 e. The molecule has 0 saturated heterocycles. The Bertz CT molecular complexity index is 814. The van der Waals surface area contributed by atoms with E-state index in [2.05, 4.69) is 21.2 Å². The maximum atomic E-state index is 13.9. The molecule has 0 amide bonds. The van der Waals surface area contributed by atoms with Crippen molar-refractivity contribution in [3.8, 4) is 5.75 Å². The lowest BCUT2D eigenvalue weighted by molar-refractivity contribution is 0.00652. The molecule has 0 bridgehead atoms. The van der Waals surface area contributed by atoms with Crippen LogP contribution in [0.25, 0.3) is 0 Å². The van der Waals surface area contributed by atoms with Crippen LogP contribution < -0.4 is 10.1 Å². The summed E-state index contributed by atoms with van der Waals surface area (Å²) in [4.78, 5) is 0. The first kappa shape index (κ1) is 22.2. The molecular weight excluding hydrogens is 437 g/mol. The van der Waals surface area contributed by atoms with Gasteiger partial charge in [0.2, 0.25) is 0 Å². The van der Waals surface area contributed by atoms with Gasteiger partial charge in [0.05, 0.1) is 29.3 Å². The van der Waals surface area contributed by atoms with Crippen molar-refractivity contribution in [1.82, 2.24) is 5.32 Å². The first-order valence-electron chi connectivity index (χ1n) is 9.97. The van der Waals surface area contributed by atoms with Crippen LogP contribution in [-0.4, -0.2) is 31.0 Å². The molecule has 6 heteroatoms. The fourth-order valence-corrected chi connectivity index (χ4v) is 4.67. The van der Waals surface area contributed by atoms with Gasteiger partial charge in [-0.25, -0.2) is 4.39 Å². The van der Waals surface area contributed by atoms with E-state index in [4.69, 9.17) is 9.47 Å². The Labute approximate surface area is 180 Å². The van der Waals surface area contributed by atoms with Crippen molar-refractivity contribution >= 4 is 15.9 Å². The lowest BCUT2D eigenvalue weighted by Gasteiger charge is -2.37. The molecule has 1 aliphatic rings. The molecular formula is C23H29BrFNO3. The average Bonchev–Trinajstić information content (AvgIpc) is 3.06. The van der Waals surface area contributed by atoms with E-state index in [-0.39, 0.29) is 30.5 Å². The van der Waals surface area contributed by atoms with Crippen molar-refractivity contribution in [2.75, 3.05) is 13.7 Å². The molecule has 0 unspecified atom stereocenters. The Morgan fingerprint density at radius 2 is 1.97 bits per heavy atom. The predicted octanol–water partition coefficient (Wildman–Crippen LogP) is 4.78. The van der Waals surface area contributed by atoms with E-state index in [0.717, 1.165) is 23.3 Å². The van der Waals surface area contributed by atoms with Crippen LogP contribution in [0.3, 0.4) is 0 Å². The summed E-state index contributed by atoms with van der Waals surface area (Å²) in [5.74, 6) is 0.472. The second-order valence-electron chi connectivity index (χ2n) is 7.93. The number of rotatable bonds is 8. The molecule has 0 spiro atoms. The van der Waals surface area contributed by atoms with E-state index in [0.29, 0.717) is 17.4 Å². The van der Waals surface area contributed by atoms with Crippen LogP contribution in [0, 0.1) is 11.7 Å². The predicted molar refractivity (Wildman–Crippen MR) is 115 cm³/mol. The number of halogens is 2. The van der Waals surface area contributed by atoms with E-state index in [9.17, 15) is 9.50 Å². The first-order valence-corrected chi connectivity index (χ1v) is 10.8. The van der Waals surface area contributed by atoms with E-state index in [1.807, 2.05) is 50.2 Å². The van der Waals surface area contributed by atoms with Crippen LogP contribution in [0.1, 0.15) is 37.8 Å². The second kappa shape index (κ2) is 9.56. The van der Waals surface area contributed by atoms with E-state index in [1.165, 1.54) is 6.07 Å². The summed E-state index contributed by atoms with van der Waals surface area (Å²) >= 11 is 3.32. The van der Waals surface area contributed by atoms with E-state index >= 15 is 0 Å². The lowest BCUT2D eigenvalue weighted by atomic mass is 9.80. The number of aliphatic hydroxyl groups excluding tert-OH is 1. The van der Waals surface area contributed by atoms with Gasteiger partial charge in [-0.2, -0.15) is 0 Å². The van der Waals surface area contributed by atoms with Gasteiger partial charge < -0.3 is 19.9 Å². The molecule has 158 valence electrons. The third-order valence-corrected chi connectivity index (χ3v) is 6.29. The van der Waals surface area contributed by atoms with Gasteiger partial charge in [0.15, 0.2) is 0 Å². The number of hydrogen-bond donors (Lipinski definition) is 2. The largest absolute Gasteiger partial charge is 0.497 e. The van der Waals surface area contributed by atoms with E-state index in [1.54, 1.807) is 7.11 Å². The van der Waals surface area contributed by atoms with Gasteiger partial charge in [-0.05, 0) is 78.0 Å². The Morgan fingerprint density at radius 1 is 1.24 bits per heavy atom. The van der Waals surface area contributed by atoms with Gasteiger partial charge in [0.1, 0.15) is 11.6 Å². The first-order chi connectivity index (χ1) is 13.9. The molecule has 29 heavy (non-hydrogen) atoms. The maximum Gasteiger partial charge on any atom is 0.137 e. The average molecular weight is 466 g/mol. The van der Waals surface area contributed by atoms with Crippen LogP contribution in [0.15, 0.2) is 46.9 Å². The Kier molecular flexibility index (Phi) is 7.32. The fourth-order valence-electron chi connectivity index (χ4n) is 4.30. The Balaban J connectivity index is 1.92. The highest BCUT2D eigenvalue weighted by Gasteiger charge is 2.48. The molecule has 4 nitrogen and oxygen atoms in total. The number of nitrogens with one attached hydrogen (secondary N) is 1. The Morgan fingerprint density at radius 3 is 2.55 bits per heavy atom. The summed E-state index contributed by atoms with van der Waals surface area (Å²) < 4.78 is 25.7. The minimum absolute atomic E-state index is 0.0272. The second-order valence-corrected chi connectivity index (χ2v) is 8.78. The van der Waals surface area contributed by atoms with Crippen LogP contribution in [-0.2, 0) is 16.8 Å². The molecule has 0 aliphatic heterocycles. The SMILES string of the molecule is COc1ccc(CN[C@@]2(c3ccc(F)c(Br)c3)C[C@H](OC(C)C)C[C@H]2CO)cc1. The zero-order chi connectivity index (χ0) is 21.0. The van der Waals surface area contributed by atoms with Crippen molar-refractivity contribution in [3.05, 3.63) is 63.9 Å². The van der Waals surface area contributed by atoms with Gasteiger partial charge in [0, 0.05) is 19.1 Å². The molecule has 1 fully saturated rings. The van der Waals surface area contributed by atoms with Crippen LogP contribution in [0.4, 0.5) is 4.39 Å². The van der Waals surface area contributed by atoms with Crippen molar-refractivity contribution < 1.29 is 19.0 Å². The highest BCUT2D eigenvalue weighted by Crippen LogP contribution is 2.46. The lowest BCUT2D eigenvalue weighted by Crippen LogP contribution is -2.46. The van der Waals surface area contributed by atoms with Crippen molar-refractivity contribution in [3.63, 3.8) is 0 Å². The van der Waals surface area contributed by atoms with Gasteiger partial charge in [-0.15, -0.1) is 0 Å². The molecule has 1 saturated carbocycles. The van der Waals surface area contributed by atoms with Gasteiger partial charge >= 0.3 is 0 Å². The zero-order valence-electron chi connectivity index (χ0n) is 17.1. The normalized spacial score (nSPS) is 24.2. The van der Waals surface area contributed by atoms with Crippen LogP contribution in [0.2, 0.25) is 0 Å². The molecule has 0 aromatic heterocycles. The van der Waals surface area contributed by atoms with Gasteiger partial charge in [-0.3, -0.25) is 0 Å². The van der Waals surface area contributed by atoms with Crippen molar-refractivity contribution in [1.29, 1.82) is 0 Å². The summed E-state index contributed by atoms with van der Waals surface area (Å²) in [5.41, 5.74) is 1.55. The number of hydrogen-bond acceptors (Lipinski definition) is 4. The highest BCUT2D eigenvalue weighted by atomic mass is 79.9. The number of ether oxygens (including phenoxy) is 2. The third kappa shape index (κ3) is 5.00. The standard InChI is InChI=1S/C23H29BrFNO3/c1-15(2)29-20-10-18(14-27)23(12-20,17-6-9-22(25)21(24)11-17)26-13-16-4-7-19(28-3)8-5-16/h4-9,11,15,18,20,26-27H,10,12-14H2,1-3H3/t18-,20+,23+/m0/s1. The molecule has 1 aliphatic carbocycles. The Hall–Kier alpha value is -1.47. The molecule has 0 radical (unpaired) electrons. The fraction of sp³-hybridized carbons (Fsp3) is 0.478. The summed E-state index contributed by atoms with van der Waals surface area (Å²) in [5, 5.41) is 13.9. The van der Waals surface area contributed by atoms with Crippen LogP contribution in [0.5, 0.6) is 5.75 Å². The molecule has 2 aromatic rings. The summed E-state index contributed by atoms with van der Waals surface area (Å²) in [6, 6.07) is 13.0. The van der Waals surface area contributed by atoms with Crippen molar-refractivity contribution in [2.45, 2.75) is 51.0 Å². The summed E-state index contributed by atoms with van der Waals surface area (Å²) in [7, 11) is 1.65. The number of aliphatic hydroxyl groups is 1. The van der Waals surface area contributed by atoms with Crippen molar-refractivity contribution in [2.24, 2.45) is 5.92 Å². The third-order valence-electron chi connectivity index (χ3n) is 5.68. The minimum atomic E-state index is -0.509. The topological polar surface area (TPSA) is 50.7 Å². The maximum absolute atomic E-state index is 13.9. The van der Waals surface area contributed by atoms with Gasteiger partial charge in [0.25, 0.3) is 0 Å². The molecule has 3 atom stereocenters. The minimum Gasteiger partial charge on any atom is -0.497 e. The monoisotopic (exact) mass is 465 g/mol. The zero-order valence-corrected chi connectivity index (χ0v) is 18.7. The van der Waals surface area contributed by atoms with E-state index < -0.39 is 5.54 Å². The quantitative estimate of drug-likeness (QED) is 0.588. The summed E-state index contributed by atoms with van der Waals surface area (Å²) in [6.45, 7) is 4.69. The van der Waals surface area contributed by atoms with Crippen LogP contribution >= 0.6 is 15.9 Å². The molecule has 2 N–H and O–H groups in total. The van der Waals surface area contributed by atoms with Gasteiger partial charge in [-0.1, -0.05) is 18.2 Å². The number of methoxy groups -OCH3 is 1. The number of benzene rings is 2. The molecule has 2 aromatic carbocycles. The summed E-state index contributed by atoms with van der Waals surface area (Å²) in [6.07, 6.45) is 1.60.